The number of para-hydroxylation sites is 1. The first-order valence-corrected chi connectivity index (χ1v) is 5.91. The number of hydrogen-bond acceptors (Lipinski definition) is 2. The molecule has 1 heterocycles. The molecular formula is C13H13BrN2. The Morgan fingerprint density at radius 1 is 1.12 bits per heavy atom. The van der Waals surface area contributed by atoms with Crippen molar-refractivity contribution in [3.63, 3.8) is 0 Å². The monoisotopic (exact) mass is 276 g/mol. The Morgan fingerprint density at radius 2 is 1.88 bits per heavy atom. The molecule has 0 unspecified atom stereocenters. The van der Waals surface area contributed by atoms with E-state index in [0.717, 1.165) is 21.5 Å². The second-order valence-electron chi connectivity index (χ2n) is 3.76. The lowest BCUT2D eigenvalue weighted by molar-refractivity contribution is 1.23. The van der Waals surface area contributed by atoms with Crippen molar-refractivity contribution in [2.75, 3.05) is 5.32 Å². The molecule has 16 heavy (non-hydrogen) atoms. The Kier molecular flexibility index (Phi) is 3.25. The molecule has 0 fully saturated rings. The maximum atomic E-state index is 4.36. The maximum absolute atomic E-state index is 4.36. The van der Waals surface area contributed by atoms with Crippen molar-refractivity contribution in [2.24, 2.45) is 0 Å². The van der Waals surface area contributed by atoms with Crippen molar-refractivity contribution >= 4 is 27.4 Å². The van der Waals surface area contributed by atoms with Gasteiger partial charge in [0.15, 0.2) is 0 Å². The van der Waals surface area contributed by atoms with Gasteiger partial charge in [0.05, 0.1) is 0 Å². The Hall–Kier alpha value is -1.35. The Morgan fingerprint density at radius 3 is 2.56 bits per heavy atom. The second kappa shape index (κ2) is 4.66. The van der Waals surface area contributed by atoms with Gasteiger partial charge in [0.25, 0.3) is 0 Å². The first kappa shape index (κ1) is 11.1. The molecule has 0 aliphatic heterocycles. The minimum absolute atomic E-state index is 0.900. The van der Waals surface area contributed by atoms with Crippen LogP contribution in [0.3, 0.4) is 0 Å². The van der Waals surface area contributed by atoms with Crippen LogP contribution in [0.1, 0.15) is 11.1 Å². The fourth-order valence-corrected chi connectivity index (χ4v) is 1.96. The molecule has 0 aliphatic carbocycles. The molecule has 0 saturated heterocycles. The van der Waals surface area contributed by atoms with Crippen LogP contribution in [-0.2, 0) is 0 Å². The molecular weight excluding hydrogens is 264 g/mol. The van der Waals surface area contributed by atoms with Crippen molar-refractivity contribution in [2.45, 2.75) is 13.8 Å². The van der Waals surface area contributed by atoms with Crippen LogP contribution in [0.5, 0.6) is 0 Å². The number of pyridine rings is 1. The number of halogens is 1. The van der Waals surface area contributed by atoms with Crippen LogP contribution >= 0.6 is 15.9 Å². The van der Waals surface area contributed by atoms with Gasteiger partial charge in [-0.05, 0) is 53.0 Å². The molecule has 3 heteroatoms. The van der Waals surface area contributed by atoms with Crippen molar-refractivity contribution in [1.82, 2.24) is 4.98 Å². The van der Waals surface area contributed by atoms with Crippen LogP contribution in [0, 0.1) is 13.8 Å². The summed E-state index contributed by atoms with van der Waals surface area (Å²) in [7, 11) is 0. The average molecular weight is 277 g/mol. The molecule has 2 nitrogen and oxygen atoms in total. The lowest BCUT2D eigenvalue weighted by Gasteiger charge is -2.10. The topological polar surface area (TPSA) is 24.9 Å². The van der Waals surface area contributed by atoms with Gasteiger partial charge in [0, 0.05) is 16.4 Å². The number of benzene rings is 1. The fraction of sp³-hybridized carbons (Fsp3) is 0.154. The summed E-state index contributed by atoms with van der Waals surface area (Å²) >= 11 is 3.41. The third-order valence-electron chi connectivity index (χ3n) is 2.44. The van der Waals surface area contributed by atoms with Gasteiger partial charge >= 0.3 is 0 Å². The van der Waals surface area contributed by atoms with E-state index in [0.29, 0.717) is 0 Å². The second-order valence-corrected chi connectivity index (χ2v) is 4.67. The third-order valence-corrected chi connectivity index (χ3v) is 2.88. The van der Waals surface area contributed by atoms with Crippen LogP contribution in [0.15, 0.2) is 41.0 Å². The summed E-state index contributed by atoms with van der Waals surface area (Å²) in [6.07, 6.45) is 1.80. The highest BCUT2D eigenvalue weighted by Crippen LogP contribution is 2.22. The van der Waals surface area contributed by atoms with E-state index in [1.54, 1.807) is 6.20 Å². The average Bonchev–Trinajstić information content (AvgIpc) is 2.25. The zero-order valence-corrected chi connectivity index (χ0v) is 10.9. The van der Waals surface area contributed by atoms with Crippen molar-refractivity contribution in [1.29, 1.82) is 0 Å². The molecule has 0 bridgehead atoms. The van der Waals surface area contributed by atoms with Gasteiger partial charge in [-0.2, -0.15) is 0 Å². The number of aromatic nitrogens is 1. The van der Waals surface area contributed by atoms with Gasteiger partial charge in [-0.15, -0.1) is 0 Å². The Bertz CT molecular complexity index is 509. The van der Waals surface area contributed by atoms with Crippen LogP contribution in [0.2, 0.25) is 0 Å². The van der Waals surface area contributed by atoms with E-state index in [2.05, 4.69) is 45.3 Å². The first-order valence-electron chi connectivity index (χ1n) is 5.11. The van der Waals surface area contributed by atoms with E-state index in [-0.39, 0.29) is 0 Å². The van der Waals surface area contributed by atoms with E-state index < -0.39 is 0 Å². The summed E-state index contributed by atoms with van der Waals surface area (Å²) in [4.78, 5) is 4.36. The smallest absolute Gasteiger partial charge is 0.133 e. The number of aryl methyl sites for hydroxylation is 2. The normalized spacial score (nSPS) is 10.2. The zero-order chi connectivity index (χ0) is 11.5. The predicted octanol–water partition coefficient (Wildman–Crippen LogP) is 4.20. The van der Waals surface area contributed by atoms with Gasteiger partial charge < -0.3 is 5.32 Å². The molecule has 2 rings (SSSR count). The molecule has 0 atom stereocenters. The minimum atomic E-state index is 0.900. The van der Waals surface area contributed by atoms with E-state index in [1.807, 2.05) is 25.1 Å². The van der Waals surface area contributed by atoms with E-state index in [9.17, 15) is 0 Å². The molecule has 0 aliphatic rings. The molecule has 82 valence electrons. The molecule has 1 N–H and O–H groups in total. The summed E-state index contributed by atoms with van der Waals surface area (Å²) in [5.41, 5.74) is 3.43. The molecule has 2 aromatic rings. The van der Waals surface area contributed by atoms with Crippen LogP contribution < -0.4 is 5.32 Å². The summed E-state index contributed by atoms with van der Waals surface area (Å²) in [5.74, 6) is 0.900. The summed E-state index contributed by atoms with van der Waals surface area (Å²) in [5, 5.41) is 3.34. The molecule has 0 radical (unpaired) electrons. The number of nitrogens with one attached hydrogen (secondary N) is 1. The van der Waals surface area contributed by atoms with Crippen molar-refractivity contribution in [3.05, 3.63) is 52.1 Å². The number of rotatable bonds is 2. The molecule has 1 aromatic heterocycles. The number of hydrogen-bond donors (Lipinski definition) is 1. The summed E-state index contributed by atoms with van der Waals surface area (Å²) in [6, 6.07) is 10.2. The van der Waals surface area contributed by atoms with Crippen LogP contribution in [0.4, 0.5) is 11.5 Å². The number of nitrogens with zero attached hydrogens (tertiary/aromatic N) is 1. The highest BCUT2D eigenvalue weighted by molar-refractivity contribution is 9.10. The van der Waals surface area contributed by atoms with Gasteiger partial charge in [-0.1, -0.05) is 18.2 Å². The lowest BCUT2D eigenvalue weighted by Crippen LogP contribution is -1.97. The summed E-state index contributed by atoms with van der Waals surface area (Å²) < 4.78 is 1.00. The molecule has 0 amide bonds. The third kappa shape index (κ3) is 2.42. The Labute approximate surface area is 104 Å². The predicted molar refractivity (Wildman–Crippen MR) is 71.1 cm³/mol. The SMILES string of the molecule is Cc1ccccc1Nc1ncc(Br)cc1C. The van der Waals surface area contributed by atoms with Crippen molar-refractivity contribution in [3.8, 4) is 0 Å². The largest absolute Gasteiger partial charge is 0.340 e. The number of anilines is 2. The highest BCUT2D eigenvalue weighted by atomic mass is 79.9. The zero-order valence-electron chi connectivity index (χ0n) is 9.29. The standard InChI is InChI=1S/C13H13BrN2/c1-9-5-3-4-6-12(9)16-13-10(2)7-11(14)8-15-13/h3-8H,1-2H3,(H,15,16). The van der Waals surface area contributed by atoms with Crippen LogP contribution in [-0.4, -0.2) is 4.98 Å². The molecule has 1 aromatic carbocycles. The lowest BCUT2D eigenvalue weighted by atomic mass is 10.2. The van der Waals surface area contributed by atoms with E-state index in [4.69, 9.17) is 0 Å². The van der Waals surface area contributed by atoms with E-state index >= 15 is 0 Å². The molecule has 0 spiro atoms. The summed E-state index contributed by atoms with van der Waals surface area (Å²) in [6.45, 7) is 4.12. The van der Waals surface area contributed by atoms with Crippen LogP contribution in [0.25, 0.3) is 0 Å². The van der Waals surface area contributed by atoms with Crippen molar-refractivity contribution < 1.29 is 0 Å². The molecule has 0 saturated carbocycles. The minimum Gasteiger partial charge on any atom is -0.340 e. The fourth-order valence-electron chi connectivity index (χ4n) is 1.51. The van der Waals surface area contributed by atoms with Gasteiger partial charge in [0.2, 0.25) is 0 Å². The first-order chi connectivity index (χ1) is 7.66. The highest BCUT2D eigenvalue weighted by Gasteiger charge is 2.02. The van der Waals surface area contributed by atoms with Gasteiger partial charge in [-0.25, -0.2) is 4.98 Å². The van der Waals surface area contributed by atoms with E-state index in [1.165, 1.54) is 5.56 Å². The quantitative estimate of drug-likeness (QED) is 0.889. The Balaban J connectivity index is 2.31. The van der Waals surface area contributed by atoms with Gasteiger partial charge in [0.1, 0.15) is 5.82 Å². The maximum Gasteiger partial charge on any atom is 0.133 e. The van der Waals surface area contributed by atoms with Gasteiger partial charge in [-0.3, -0.25) is 0 Å².